The Hall–Kier alpha value is -4.77. The predicted molar refractivity (Wildman–Crippen MR) is 140 cm³/mol. The highest BCUT2D eigenvalue weighted by molar-refractivity contribution is 5.90. The summed E-state index contributed by atoms with van der Waals surface area (Å²) in [6.07, 6.45) is 0.630. The molecule has 0 aliphatic carbocycles. The van der Waals surface area contributed by atoms with E-state index in [0.717, 1.165) is 33.6 Å². The average molecular weight is 454 g/mol. The quantitative estimate of drug-likeness (QED) is 0.292. The first-order valence-corrected chi connectivity index (χ1v) is 11.6. The summed E-state index contributed by atoms with van der Waals surface area (Å²) in [5.74, 6) is 0.680. The molecule has 0 fully saturated rings. The average Bonchev–Trinajstić information content (AvgIpc) is 3.60. The van der Waals surface area contributed by atoms with Gasteiger partial charge in [-0.25, -0.2) is 0 Å². The highest BCUT2D eigenvalue weighted by atomic mass is 15.5. The molecule has 0 aliphatic rings. The van der Waals surface area contributed by atoms with Crippen molar-refractivity contribution in [1.29, 1.82) is 0 Å². The molecule has 0 bridgehead atoms. The van der Waals surface area contributed by atoms with E-state index in [1.54, 1.807) is 0 Å². The van der Waals surface area contributed by atoms with Crippen molar-refractivity contribution in [2.75, 3.05) is 0 Å². The third kappa shape index (κ3) is 4.27. The van der Waals surface area contributed by atoms with Crippen LogP contribution in [0.2, 0.25) is 0 Å². The Bertz CT molecular complexity index is 1490. The molecule has 6 aromatic rings. The summed E-state index contributed by atoms with van der Waals surface area (Å²) in [4.78, 5) is 3.74. The van der Waals surface area contributed by atoms with Gasteiger partial charge in [-0.05, 0) is 33.9 Å². The molecule has 2 heterocycles. The molecule has 5 heteroatoms. The van der Waals surface area contributed by atoms with Crippen LogP contribution in [0.15, 0.2) is 115 Å². The minimum atomic E-state index is 0.630. The third-order valence-corrected chi connectivity index (χ3v) is 6.17. The van der Waals surface area contributed by atoms with Gasteiger partial charge in [0, 0.05) is 23.2 Å². The van der Waals surface area contributed by atoms with Gasteiger partial charge in [0.1, 0.15) is 0 Å². The highest BCUT2D eigenvalue weighted by Crippen LogP contribution is 2.39. The largest absolute Gasteiger partial charge is 0.354 e. The van der Waals surface area contributed by atoms with Gasteiger partial charge >= 0.3 is 0 Å². The number of hydrogen-bond acceptors (Lipinski definition) is 3. The molecule has 4 aromatic carbocycles. The first-order chi connectivity index (χ1) is 17.3. The maximum atomic E-state index is 4.10. The number of aromatic nitrogens is 5. The Labute approximate surface area is 203 Å². The minimum Gasteiger partial charge on any atom is -0.354 e. The van der Waals surface area contributed by atoms with Gasteiger partial charge in [0.25, 0.3) is 0 Å². The molecule has 0 aliphatic heterocycles. The number of aromatic amines is 2. The summed E-state index contributed by atoms with van der Waals surface area (Å²) in [5.41, 5.74) is 10.4. The summed E-state index contributed by atoms with van der Waals surface area (Å²) < 4.78 is 0. The number of benzene rings is 4. The maximum absolute atomic E-state index is 4.10. The molecule has 6 rings (SSSR count). The number of H-pyrrole nitrogens is 2. The number of hydrogen-bond donors (Lipinski definition) is 2. The van der Waals surface area contributed by atoms with E-state index >= 15 is 0 Å². The third-order valence-electron chi connectivity index (χ3n) is 6.17. The zero-order valence-electron chi connectivity index (χ0n) is 19.0. The predicted octanol–water partition coefficient (Wildman–Crippen LogP) is 6.79. The molecule has 0 saturated carbocycles. The Morgan fingerprint density at radius 3 is 2.00 bits per heavy atom. The van der Waals surface area contributed by atoms with Crippen LogP contribution >= 0.6 is 0 Å². The van der Waals surface area contributed by atoms with Gasteiger partial charge in [-0.3, -0.25) is 0 Å². The molecule has 2 N–H and O–H groups in total. The Balaban J connectivity index is 1.46. The smallest absolute Gasteiger partial charge is 0.178 e. The first kappa shape index (κ1) is 20.8. The van der Waals surface area contributed by atoms with E-state index in [4.69, 9.17) is 0 Å². The van der Waals surface area contributed by atoms with Gasteiger partial charge in [0.05, 0.1) is 5.69 Å². The molecular weight excluding hydrogens is 430 g/mol. The number of nitrogens with zero attached hydrogens (tertiary/aromatic N) is 3. The molecule has 0 atom stereocenters. The van der Waals surface area contributed by atoms with Crippen LogP contribution in [0.5, 0.6) is 0 Å². The molecule has 0 radical (unpaired) electrons. The normalized spacial score (nSPS) is 11.0. The molecule has 0 amide bonds. The lowest BCUT2D eigenvalue weighted by Crippen LogP contribution is -1.92. The fourth-order valence-electron chi connectivity index (χ4n) is 4.54. The van der Waals surface area contributed by atoms with Gasteiger partial charge in [-0.15, -0.1) is 10.2 Å². The van der Waals surface area contributed by atoms with E-state index in [-0.39, 0.29) is 0 Å². The lowest BCUT2D eigenvalue weighted by atomic mass is 9.95. The van der Waals surface area contributed by atoms with Crippen molar-refractivity contribution >= 4 is 0 Å². The van der Waals surface area contributed by atoms with Gasteiger partial charge in [0.2, 0.25) is 0 Å². The zero-order valence-corrected chi connectivity index (χ0v) is 19.0. The summed E-state index contributed by atoms with van der Waals surface area (Å²) >= 11 is 0. The lowest BCUT2D eigenvalue weighted by molar-refractivity contribution is 0.881. The second-order valence-electron chi connectivity index (χ2n) is 8.45. The van der Waals surface area contributed by atoms with Crippen LogP contribution < -0.4 is 0 Å². The van der Waals surface area contributed by atoms with E-state index in [1.165, 1.54) is 16.7 Å². The minimum absolute atomic E-state index is 0.630. The molecule has 35 heavy (non-hydrogen) atoms. The first-order valence-electron chi connectivity index (χ1n) is 11.6. The number of nitrogens with one attached hydrogen (secondary N) is 2. The Kier molecular flexibility index (Phi) is 5.49. The lowest BCUT2D eigenvalue weighted by Gasteiger charge is -2.10. The second kappa shape index (κ2) is 9.23. The van der Waals surface area contributed by atoms with E-state index in [0.29, 0.717) is 12.2 Å². The van der Waals surface area contributed by atoms with E-state index in [9.17, 15) is 0 Å². The van der Waals surface area contributed by atoms with Crippen LogP contribution in [0.1, 0.15) is 11.4 Å². The van der Waals surface area contributed by atoms with E-state index < -0.39 is 0 Å². The van der Waals surface area contributed by atoms with E-state index in [1.807, 2.05) is 6.07 Å². The second-order valence-corrected chi connectivity index (χ2v) is 8.45. The number of tetrazole rings is 1. The van der Waals surface area contributed by atoms with Crippen molar-refractivity contribution in [2.24, 2.45) is 0 Å². The zero-order chi connectivity index (χ0) is 23.5. The molecular formula is C30H23N5. The van der Waals surface area contributed by atoms with Gasteiger partial charge in [0.15, 0.2) is 5.82 Å². The molecule has 5 nitrogen and oxygen atoms in total. The molecule has 168 valence electrons. The van der Waals surface area contributed by atoms with E-state index in [2.05, 4.69) is 135 Å². The van der Waals surface area contributed by atoms with Crippen molar-refractivity contribution in [3.05, 3.63) is 127 Å². The van der Waals surface area contributed by atoms with Crippen LogP contribution in [0.4, 0.5) is 0 Å². The molecule has 0 spiro atoms. The van der Waals surface area contributed by atoms with Crippen LogP contribution in [0, 0.1) is 0 Å². The molecule has 0 unspecified atom stereocenters. The summed E-state index contributed by atoms with van der Waals surface area (Å²) in [6, 6.07) is 40.4. The van der Waals surface area contributed by atoms with Crippen LogP contribution in [0.3, 0.4) is 0 Å². The SMILES string of the molecule is c1ccc(-c2cc(-c3ccccc3-c3cccc(Cc4nn[nH]n4)c3)[nH]c2-c2ccccc2)cc1. The summed E-state index contributed by atoms with van der Waals surface area (Å²) in [5, 5.41) is 14.4. The van der Waals surface area contributed by atoms with Gasteiger partial charge in [-0.2, -0.15) is 5.21 Å². The van der Waals surface area contributed by atoms with Crippen LogP contribution in [-0.2, 0) is 6.42 Å². The molecule has 0 saturated heterocycles. The molecule has 2 aromatic heterocycles. The van der Waals surface area contributed by atoms with Gasteiger partial charge in [-0.1, -0.05) is 114 Å². The fraction of sp³-hybridized carbons (Fsp3) is 0.0333. The maximum Gasteiger partial charge on any atom is 0.178 e. The Morgan fingerprint density at radius 1 is 0.571 bits per heavy atom. The summed E-state index contributed by atoms with van der Waals surface area (Å²) in [7, 11) is 0. The van der Waals surface area contributed by atoms with Gasteiger partial charge < -0.3 is 4.98 Å². The van der Waals surface area contributed by atoms with Crippen molar-refractivity contribution in [1.82, 2.24) is 25.6 Å². The van der Waals surface area contributed by atoms with Crippen molar-refractivity contribution < 1.29 is 0 Å². The van der Waals surface area contributed by atoms with Crippen molar-refractivity contribution in [2.45, 2.75) is 6.42 Å². The highest BCUT2D eigenvalue weighted by Gasteiger charge is 2.16. The van der Waals surface area contributed by atoms with Crippen molar-refractivity contribution in [3.8, 4) is 44.8 Å². The monoisotopic (exact) mass is 453 g/mol. The van der Waals surface area contributed by atoms with Crippen molar-refractivity contribution in [3.63, 3.8) is 0 Å². The van der Waals surface area contributed by atoms with Crippen LogP contribution in [0.25, 0.3) is 44.8 Å². The van der Waals surface area contributed by atoms with Crippen LogP contribution in [-0.4, -0.2) is 25.6 Å². The number of rotatable bonds is 6. The summed E-state index contributed by atoms with van der Waals surface area (Å²) in [6.45, 7) is 0. The topological polar surface area (TPSA) is 70.2 Å². The fourth-order valence-corrected chi connectivity index (χ4v) is 4.54. The Morgan fingerprint density at radius 2 is 1.26 bits per heavy atom. The standard InChI is InChI=1S/C30H23N5/c1-3-11-22(12-4-1)27-20-28(31-30(27)23-13-5-2-6-14-23)26-17-8-7-16-25(26)24-15-9-10-21(18-24)19-29-32-34-35-33-29/h1-18,20,31H,19H2,(H,32,33,34,35).